The van der Waals surface area contributed by atoms with E-state index in [0.717, 1.165) is 28.5 Å². The van der Waals surface area contributed by atoms with Crippen molar-refractivity contribution in [2.75, 3.05) is 7.05 Å². The Morgan fingerprint density at radius 1 is 1.29 bits per heavy atom. The van der Waals surface area contributed by atoms with Gasteiger partial charge >= 0.3 is 7.12 Å². The largest absolute Gasteiger partial charge is 0.507 e. The lowest BCUT2D eigenvalue weighted by Gasteiger charge is -2.44. The molecule has 1 aliphatic carbocycles. The molecule has 8 heteroatoms. The smallest absolute Gasteiger partial charge is 0.455 e. The molecule has 2 fully saturated rings. The first-order chi connectivity index (χ1) is 16.1. The third-order valence-electron chi connectivity index (χ3n) is 7.69. The van der Waals surface area contributed by atoms with Crippen molar-refractivity contribution in [2.45, 2.75) is 58.9 Å². The number of aromatic hydroxyl groups is 1. The van der Waals surface area contributed by atoms with Crippen LogP contribution in [0.5, 0.6) is 5.75 Å². The van der Waals surface area contributed by atoms with E-state index in [1.165, 1.54) is 16.0 Å². The number of nitrogens with zero attached hydrogens (tertiary/aromatic N) is 1. The molecule has 0 bridgehead atoms. The van der Waals surface area contributed by atoms with Crippen molar-refractivity contribution in [3.8, 4) is 5.75 Å². The Kier molecular flexibility index (Phi) is 7.41. The Balaban J connectivity index is 1.64. The Hall–Kier alpha value is -1.90. The maximum atomic E-state index is 13.0. The van der Waals surface area contributed by atoms with Crippen LogP contribution in [0, 0.1) is 23.7 Å². The summed E-state index contributed by atoms with van der Waals surface area (Å²) in [5.74, 6) is -0.684. The number of phenols is 1. The van der Waals surface area contributed by atoms with E-state index in [0.29, 0.717) is 19.2 Å². The number of phenolic OH excluding ortho intramolecular Hbond substituents is 1. The van der Waals surface area contributed by atoms with Crippen LogP contribution in [0.3, 0.4) is 0 Å². The van der Waals surface area contributed by atoms with Gasteiger partial charge in [-0.15, -0.1) is 0 Å². The van der Waals surface area contributed by atoms with Gasteiger partial charge in [0.15, 0.2) is 0 Å². The fraction of sp³-hybridized carbons (Fsp3) is 0.538. The predicted octanol–water partition coefficient (Wildman–Crippen LogP) is 4.81. The zero-order chi connectivity index (χ0) is 24.7. The number of carbonyl (C=O) groups excluding carboxylic acids is 2. The van der Waals surface area contributed by atoms with Crippen LogP contribution in [0.15, 0.2) is 39.4 Å². The lowest BCUT2D eigenvalue weighted by molar-refractivity contribution is -0.138. The Morgan fingerprint density at radius 3 is 2.71 bits per heavy atom. The van der Waals surface area contributed by atoms with Gasteiger partial charge in [-0.1, -0.05) is 53.9 Å². The number of hydrogen-bond donors (Lipinski definition) is 2. The van der Waals surface area contributed by atoms with Crippen LogP contribution in [-0.4, -0.2) is 47.1 Å². The van der Waals surface area contributed by atoms with Crippen LogP contribution in [0.25, 0.3) is 6.08 Å². The topological polar surface area (TPSA) is 87.1 Å². The second-order valence-corrected chi connectivity index (χ2v) is 10.9. The fourth-order valence-electron chi connectivity index (χ4n) is 5.94. The molecule has 1 aromatic carbocycles. The van der Waals surface area contributed by atoms with Crippen LogP contribution in [0.2, 0.25) is 6.32 Å². The number of benzene rings is 1. The molecule has 3 aliphatic rings. The Morgan fingerprint density at radius 2 is 2.03 bits per heavy atom. The first-order valence-electron chi connectivity index (χ1n) is 12.2. The molecule has 0 unspecified atom stereocenters. The molecular formula is C26H33BBrNO5. The summed E-state index contributed by atoms with van der Waals surface area (Å²) in [6.07, 6.45) is 4.88. The molecule has 0 aromatic heterocycles. The summed E-state index contributed by atoms with van der Waals surface area (Å²) in [4.78, 5) is 27.1. The molecule has 2 heterocycles. The van der Waals surface area contributed by atoms with Gasteiger partial charge in [-0.05, 0) is 67.6 Å². The lowest BCUT2D eigenvalue weighted by atomic mass is 9.57. The summed E-state index contributed by atoms with van der Waals surface area (Å²) >= 11 is 3.46. The Bertz CT molecular complexity index is 1050. The highest BCUT2D eigenvalue weighted by atomic mass is 79.9. The van der Waals surface area contributed by atoms with Crippen LogP contribution in [-0.2, 0) is 14.2 Å². The highest BCUT2D eigenvalue weighted by Gasteiger charge is 2.56. The normalized spacial score (nSPS) is 27.6. The minimum atomic E-state index is -0.956. The van der Waals surface area contributed by atoms with Crippen molar-refractivity contribution >= 4 is 40.9 Å². The number of allylic oxidation sites excluding steroid dienone is 2. The number of imide groups is 1. The van der Waals surface area contributed by atoms with E-state index >= 15 is 0 Å². The van der Waals surface area contributed by atoms with E-state index in [2.05, 4.69) is 36.7 Å². The summed E-state index contributed by atoms with van der Waals surface area (Å²) in [5, 5.41) is 20.8. The second-order valence-electron chi connectivity index (χ2n) is 10.0. The van der Waals surface area contributed by atoms with Gasteiger partial charge in [-0.3, -0.25) is 14.5 Å². The van der Waals surface area contributed by atoms with E-state index in [9.17, 15) is 19.7 Å². The highest BCUT2D eigenvalue weighted by Crippen LogP contribution is 2.51. The molecule has 2 saturated heterocycles. The molecule has 182 valence electrons. The van der Waals surface area contributed by atoms with Gasteiger partial charge in [0.25, 0.3) is 0 Å². The quantitative estimate of drug-likeness (QED) is 0.313. The van der Waals surface area contributed by atoms with E-state index in [-0.39, 0.29) is 41.4 Å². The summed E-state index contributed by atoms with van der Waals surface area (Å²) in [6.45, 7) is 6.34. The van der Waals surface area contributed by atoms with E-state index in [1.807, 2.05) is 12.1 Å². The predicted molar refractivity (Wildman–Crippen MR) is 136 cm³/mol. The molecule has 0 saturated carbocycles. The van der Waals surface area contributed by atoms with Crippen LogP contribution >= 0.6 is 15.9 Å². The molecule has 34 heavy (non-hydrogen) atoms. The number of fused-ring (bicyclic) bond motifs is 3. The van der Waals surface area contributed by atoms with Crippen molar-refractivity contribution in [2.24, 2.45) is 23.7 Å². The third kappa shape index (κ3) is 4.64. The fourth-order valence-corrected chi connectivity index (χ4v) is 6.31. The number of amides is 2. The molecule has 2 amide bonds. The van der Waals surface area contributed by atoms with Gasteiger partial charge in [0.05, 0.1) is 17.9 Å². The van der Waals surface area contributed by atoms with Crippen LogP contribution in [0.4, 0.5) is 0 Å². The van der Waals surface area contributed by atoms with Crippen LogP contribution < -0.4 is 0 Å². The van der Waals surface area contributed by atoms with Crippen molar-refractivity contribution < 1.29 is 24.4 Å². The van der Waals surface area contributed by atoms with Crippen LogP contribution in [0.1, 0.15) is 52.0 Å². The minimum Gasteiger partial charge on any atom is -0.507 e. The summed E-state index contributed by atoms with van der Waals surface area (Å²) in [6, 6.07) is 5.36. The van der Waals surface area contributed by atoms with Crippen molar-refractivity contribution in [1.29, 1.82) is 0 Å². The molecule has 2 N–H and O–H groups in total. The number of likely N-dealkylation sites (tertiary alicyclic amines) is 1. The van der Waals surface area contributed by atoms with Crippen molar-refractivity contribution in [3.05, 3.63) is 45.0 Å². The van der Waals surface area contributed by atoms with Gasteiger partial charge in [-0.25, -0.2) is 0 Å². The molecule has 0 spiro atoms. The lowest BCUT2D eigenvalue weighted by Crippen LogP contribution is -2.46. The molecule has 2 aliphatic heterocycles. The number of rotatable bonds is 6. The van der Waals surface area contributed by atoms with E-state index < -0.39 is 13.0 Å². The number of hydrogen-bond acceptors (Lipinski definition) is 5. The van der Waals surface area contributed by atoms with E-state index in [4.69, 9.17) is 4.65 Å². The molecular weight excluding hydrogens is 497 g/mol. The maximum Gasteiger partial charge on any atom is 0.455 e. The molecule has 4 atom stereocenters. The van der Waals surface area contributed by atoms with Gasteiger partial charge in [0.2, 0.25) is 11.8 Å². The summed E-state index contributed by atoms with van der Waals surface area (Å²) < 4.78 is 6.97. The van der Waals surface area contributed by atoms with Gasteiger partial charge < -0.3 is 14.8 Å². The van der Waals surface area contributed by atoms with Crippen molar-refractivity contribution in [3.63, 3.8) is 0 Å². The minimum absolute atomic E-state index is 0.102. The molecule has 1 aromatic rings. The Labute approximate surface area is 210 Å². The zero-order valence-corrected chi connectivity index (χ0v) is 21.8. The first kappa shape index (κ1) is 25.2. The summed E-state index contributed by atoms with van der Waals surface area (Å²) in [5.41, 5.74) is 4.25. The van der Waals surface area contributed by atoms with Gasteiger partial charge in [-0.2, -0.15) is 0 Å². The average Bonchev–Trinajstić information content (AvgIpc) is 3.01. The van der Waals surface area contributed by atoms with E-state index in [1.54, 1.807) is 19.2 Å². The van der Waals surface area contributed by atoms with Gasteiger partial charge in [0.1, 0.15) is 5.75 Å². The average molecular weight is 530 g/mol. The molecule has 6 nitrogen and oxygen atoms in total. The standard InChI is InChI=1S/C26H33BBrNO5/c1-5-15(10-16-11-17(28)7-8-21(16)30)6-9-22-23-18(14(2)3)12-19-24(20(23)13-27(33)34-22)26(32)29(4)25(19)31/h7-8,10-11,14,19-20,22,24,30,33H,5-6,9,12-13H2,1-4H3/b15-10+/t19-,20+,22-,24-/m1/s1. The maximum absolute atomic E-state index is 13.0. The molecule has 0 radical (unpaired) electrons. The molecule has 4 rings (SSSR count). The highest BCUT2D eigenvalue weighted by molar-refractivity contribution is 9.10. The summed E-state index contributed by atoms with van der Waals surface area (Å²) in [7, 11) is 0.614. The second kappa shape index (κ2) is 10.00. The number of halogens is 1. The van der Waals surface area contributed by atoms with Gasteiger partial charge in [0, 0.05) is 17.1 Å². The van der Waals surface area contributed by atoms with Crippen molar-refractivity contribution in [1.82, 2.24) is 4.90 Å². The first-order valence-corrected chi connectivity index (χ1v) is 13.0. The zero-order valence-electron chi connectivity index (χ0n) is 20.3. The SMILES string of the molecule is CC/C(=C\c1cc(Br)ccc1O)CC[C@H]1OB(O)C[C@H]2C1=C(C(C)C)C[C@H]1C(=O)N(C)C(=O)[C@H]12. The monoisotopic (exact) mass is 529 g/mol. The number of carbonyl (C=O) groups is 2. The third-order valence-corrected chi connectivity index (χ3v) is 8.19.